The summed E-state index contributed by atoms with van der Waals surface area (Å²) in [4.78, 5) is 4.33. The summed E-state index contributed by atoms with van der Waals surface area (Å²) >= 11 is 0. The lowest BCUT2D eigenvalue weighted by molar-refractivity contribution is -0.137. The Morgan fingerprint density at radius 3 is 2.38 bits per heavy atom. The molecule has 0 saturated carbocycles. The summed E-state index contributed by atoms with van der Waals surface area (Å²) in [5.74, 6) is 0.805. The van der Waals surface area contributed by atoms with Gasteiger partial charge in [-0.1, -0.05) is 19.1 Å². The van der Waals surface area contributed by atoms with E-state index in [-0.39, 0.29) is 6.04 Å². The van der Waals surface area contributed by atoms with E-state index in [0.29, 0.717) is 6.54 Å². The molecule has 0 aliphatic rings. The fourth-order valence-electron chi connectivity index (χ4n) is 2.28. The van der Waals surface area contributed by atoms with Crippen LogP contribution in [0.5, 0.6) is 0 Å². The van der Waals surface area contributed by atoms with Crippen molar-refractivity contribution in [3.8, 4) is 0 Å². The van der Waals surface area contributed by atoms with Crippen molar-refractivity contribution in [3.05, 3.63) is 53.6 Å². The molecule has 1 N–H and O–H groups in total. The van der Waals surface area contributed by atoms with E-state index in [1.54, 1.807) is 6.20 Å². The van der Waals surface area contributed by atoms with Crippen molar-refractivity contribution in [1.82, 2.24) is 14.9 Å². The number of imidazole rings is 1. The van der Waals surface area contributed by atoms with Crippen LogP contribution in [0.4, 0.5) is 13.2 Å². The summed E-state index contributed by atoms with van der Waals surface area (Å²) in [5.41, 5.74) is 0.131. The highest BCUT2D eigenvalue weighted by molar-refractivity contribution is 5.30. The zero-order valence-corrected chi connectivity index (χ0v) is 12.0. The van der Waals surface area contributed by atoms with Crippen molar-refractivity contribution in [1.29, 1.82) is 0 Å². The zero-order chi connectivity index (χ0) is 15.5. The molecule has 3 nitrogen and oxygen atoms in total. The minimum absolute atomic E-state index is 0.216. The largest absolute Gasteiger partial charge is 0.416 e. The fourth-order valence-corrected chi connectivity index (χ4v) is 2.28. The highest BCUT2D eigenvalue weighted by Gasteiger charge is 2.30. The lowest BCUT2D eigenvalue weighted by Crippen LogP contribution is -2.25. The van der Waals surface area contributed by atoms with E-state index in [1.807, 2.05) is 24.6 Å². The van der Waals surface area contributed by atoms with Crippen molar-refractivity contribution in [2.75, 3.05) is 6.54 Å². The van der Waals surface area contributed by atoms with Crippen LogP contribution in [0.15, 0.2) is 36.7 Å². The third-order valence-electron chi connectivity index (χ3n) is 3.33. The van der Waals surface area contributed by atoms with Crippen LogP contribution in [0, 0.1) is 0 Å². The van der Waals surface area contributed by atoms with Gasteiger partial charge in [-0.2, -0.15) is 13.2 Å². The number of aromatic nitrogens is 2. The smallest absolute Gasteiger partial charge is 0.334 e. The molecule has 114 valence electrons. The van der Waals surface area contributed by atoms with Crippen LogP contribution in [0.1, 0.15) is 36.8 Å². The van der Waals surface area contributed by atoms with Crippen LogP contribution >= 0.6 is 0 Å². The van der Waals surface area contributed by atoms with Gasteiger partial charge in [0.05, 0.1) is 11.6 Å². The van der Waals surface area contributed by atoms with E-state index in [2.05, 4.69) is 10.3 Å². The molecule has 6 heteroatoms. The predicted octanol–water partition coefficient (Wildman–Crippen LogP) is 3.62. The van der Waals surface area contributed by atoms with Crippen LogP contribution in [-0.4, -0.2) is 16.1 Å². The van der Waals surface area contributed by atoms with Gasteiger partial charge in [-0.25, -0.2) is 4.98 Å². The second kappa shape index (κ2) is 6.30. The van der Waals surface area contributed by atoms with Gasteiger partial charge in [0.2, 0.25) is 0 Å². The van der Waals surface area contributed by atoms with Gasteiger partial charge >= 0.3 is 6.18 Å². The molecular weight excluding hydrogens is 279 g/mol. The van der Waals surface area contributed by atoms with Gasteiger partial charge in [0, 0.05) is 18.9 Å². The second-order valence-electron chi connectivity index (χ2n) is 4.68. The lowest BCUT2D eigenvalue weighted by atomic mass is 10.0. The van der Waals surface area contributed by atoms with E-state index in [9.17, 15) is 13.2 Å². The monoisotopic (exact) mass is 297 g/mol. The number of benzene rings is 1. The van der Waals surface area contributed by atoms with Crippen LogP contribution in [0.2, 0.25) is 0 Å². The van der Waals surface area contributed by atoms with E-state index in [0.717, 1.165) is 30.1 Å². The maximum absolute atomic E-state index is 12.6. The summed E-state index contributed by atoms with van der Waals surface area (Å²) in [5, 5.41) is 3.27. The second-order valence-corrected chi connectivity index (χ2v) is 4.68. The topological polar surface area (TPSA) is 29.9 Å². The standard InChI is InChI=1S/C15H18F3N3/c1-3-19-13(14-20-9-10-21(14)4-2)11-5-7-12(8-6-11)15(16,17)18/h5-10,13,19H,3-4H2,1-2H3. The minimum atomic E-state index is -4.31. The van der Waals surface area contributed by atoms with Crippen LogP contribution in [0.3, 0.4) is 0 Å². The summed E-state index contributed by atoms with van der Waals surface area (Å²) in [6.45, 7) is 5.41. The number of halogens is 3. The van der Waals surface area contributed by atoms with Crippen molar-refractivity contribution >= 4 is 0 Å². The molecule has 0 radical (unpaired) electrons. The molecule has 0 aliphatic heterocycles. The Hall–Kier alpha value is -1.82. The Bertz CT molecular complexity index is 573. The number of rotatable bonds is 5. The molecule has 1 unspecified atom stereocenters. The molecule has 1 heterocycles. The first-order chi connectivity index (χ1) is 9.97. The van der Waals surface area contributed by atoms with Gasteiger partial charge in [0.1, 0.15) is 5.82 Å². The SMILES string of the molecule is CCNC(c1ccc(C(F)(F)F)cc1)c1nccn1CC. The first-order valence-electron chi connectivity index (χ1n) is 6.89. The molecule has 2 rings (SSSR count). The molecule has 0 fully saturated rings. The maximum Gasteiger partial charge on any atom is 0.416 e. The molecule has 0 spiro atoms. The average molecular weight is 297 g/mol. The van der Waals surface area contributed by atoms with Crippen molar-refractivity contribution in [2.45, 2.75) is 32.6 Å². The van der Waals surface area contributed by atoms with Crippen LogP contribution in [0.25, 0.3) is 0 Å². The number of hydrogen-bond acceptors (Lipinski definition) is 2. The maximum atomic E-state index is 12.6. The molecule has 2 aromatic rings. The fraction of sp³-hybridized carbons (Fsp3) is 0.400. The highest BCUT2D eigenvalue weighted by Crippen LogP contribution is 2.30. The summed E-state index contributed by atoms with van der Waals surface area (Å²) < 4.78 is 39.9. The van der Waals surface area contributed by atoms with Gasteiger partial charge in [0.15, 0.2) is 0 Å². The number of alkyl halides is 3. The first kappa shape index (κ1) is 15.6. The molecule has 1 aromatic carbocycles. The van der Waals surface area contributed by atoms with Crippen molar-refractivity contribution in [2.24, 2.45) is 0 Å². The van der Waals surface area contributed by atoms with Crippen molar-refractivity contribution < 1.29 is 13.2 Å². The van der Waals surface area contributed by atoms with Crippen LogP contribution in [-0.2, 0) is 12.7 Å². The van der Waals surface area contributed by atoms with E-state index in [4.69, 9.17) is 0 Å². The lowest BCUT2D eigenvalue weighted by Gasteiger charge is -2.19. The minimum Gasteiger partial charge on any atom is -0.334 e. The number of nitrogens with one attached hydrogen (secondary N) is 1. The Balaban J connectivity index is 2.35. The highest BCUT2D eigenvalue weighted by atomic mass is 19.4. The Morgan fingerprint density at radius 2 is 1.86 bits per heavy atom. The van der Waals surface area contributed by atoms with Crippen molar-refractivity contribution in [3.63, 3.8) is 0 Å². The number of hydrogen-bond donors (Lipinski definition) is 1. The zero-order valence-electron chi connectivity index (χ0n) is 12.0. The molecule has 1 aromatic heterocycles. The van der Waals surface area contributed by atoms with Gasteiger partial charge in [-0.3, -0.25) is 0 Å². The molecular formula is C15H18F3N3. The Morgan fingerprint density at radius 1 is 1.19 bits per heavy atom. The van der Waals surface area contributed by atoms with E-state index in [1.165, 1.54) is 12.1 Å². The molecule has 21 heavy (non-hydrogen) atoms. The summed E-state index contributed by atoms with van der Waals surface area (Å²) in [6.07, 6.45) is -0.745. The quantitative estimate of drug-likeness (QED) is 0.913. The molecule has 1 atom stereocenters. The molecule has 0 bridgehead atoms. The third-order valence-corrected chi connectivity index (χ3v) is 3.33. The van der Waals surface area contributed by atoms with Gasteiger partial charge in [0.25, 0.3) is 0 Å². The molecule has 0 amide bonds. The third kappa shape index (κ3) is 3.44. The van der Waals surface area contributed by atoms with E-state index < -0.39 is 11.7 Å². The van der Waals surface area contributed by atoms with E-state index >= 15 is 0 Å². The van der Waals surface area contributed by atoms with Gasteiger partial charge < -0.3 is 9.88 Å². The summed E-state index contributed by atoms with van der Waals surface area (Å²) in [6, 6.07) is 5.01. The predicted molar refractivity (Wildman–Crippen MR) is 74.9 cm³/mol. The molecule has 0 saturated heterocycles. The van der Waals surface area contributed by atoms with Crippen LogP contribution < -0.4 is 5.32 Å². The number of aryl methyl sites for hydroxylation is 1. The number of nitrogens with zero attached hydrogens (tertiary/aromatic N) is 2. The normalized spacial score (nSPS) is 13.4. The molecule has 0 aliphatic carbocycles. The summed E-state index contributed by atoms with van der Waals surface area (Å²) in [7, 11) is 0. The average Bonchev–Trinajstić information content (AvgIpc) is 2.92. The Labute approximate surface area is 121 Å². The van der Waals surface area contributed by atoms with Gasteiger partial charge in [-0.05, 0) is 31.2 Å². The first-order valence-corrected chi connectivity index (χ1v) is 6.89. The Kier molecular flexibility index (Phi) is 4.67. The van der Waals surface area contributed by atoms with Gasteiger partial charge in [-0.15, -0.1) is 0 Å².